The predicted molar refractivity (Wildman–Crippen MR) is 71.9 cm³/mol. The molecule has 0 aliphatic rings. The van der Waals surface area contributed by atoms with Crippen molar-refractivity contribution in [3.63, 3.8) is 0 Å². The highest BCUT2D eigenvalue weighted by molar-refractivity contribution is 5.92. The molecule has 4 nitrogen and oxygen atoms in total. The Balaban J connectivity index is 2.89. The van der Waals surface area contributed by atoms with Gasteiger partial charge in [0.2, 0.25) is 0 Å². The monoisotopic (exact) mass is 264 g/mol. The fourth-order valence-corrected chi connectivity index (χ4v) is 1.57. The van der Waals surface area contributed by atoms with Crippen LogP contribution >= 0.6 is 0 Å². The summed E-state index contributed by atoms with van der Waals surface area (Å²) in [7, 11) is 0. The minimum Gasteiger partial charge on any atom is -0.466 e. The molecular formula is C15H20O4. The molecule has 0 fully saturated rings. The molecule has 1 aromatic carbocycles. The highest BCUT2D eigenvalue weighted by Gasteiger charge is 2.21. The Morgan fingerprint density at radius 3 is 2.37 bits per heavy atom. The number of hydrogen-bond acceptors (Lipinski definition) is 4. The maximum atomic E-state index is 12.0. The molecule has 0 aliphatic heterocycles. The van der Waals surface area contributed by atoms with Gasteiger partial charge >= 0.3 is 11.9 Å². The van der Waals surface area contributed by atoms with E-state index in [-0.39, 0.29) is 12.4 Å². The number of esters is 2. The zero-order chi connectivity index (χ0) is 14.5. The van der Waals surface area contributed by atoms with E-state index in [1.165, 1.54) is 0 Å². The van der Waals surface area contributed by atoms with Crippen molar-refractivity contribution in [1.29, 1.82) is 0 Å². The first-order chi connectivity index (χ1) is 8.83. The molecule has 0 saturated heterocycles. The van der Waals surface area contributed by atoms with Gasteiger partial charge in [-0.3, -0.25) is 4.79 Å². The van der Waals surface area contributed by atoms with Crippen molar-refractivity contribution in [2.24, 2.45) is 0 Å². The zero-order valence-corrected chi connectivity index (χ0v) is 11.9. The summed E-state index contributed by atoms with van der Waals surface area (Å²) in [5, 5.41) is 0. The zero-order valence-electron chi connectivity index (χ0n) is 11.9. The van der Waals surface area contributed by atoms with E-state index < -0.39 is 11.6 Å². The molecule has 0 bridgehead atoms. The van der Waals surface area contributed by atoms with Gasteiger partial charge in [0.25, 0.3) is 0 Å². The van der Waals surface area contributed by atoms with Gasteiger partial charge < -0.3 is 9.47 Å². The standard InChI is InChI=1S/C15H20O4/c1-5-18-13(16)10-11-8-6-7-9-12(11)14(17)19-15(2,3)4/h6-9H,5,10H2,1-4H3. The number of benzene rings is 1. The summed E-state index contributed by atoms with van der Waals surface area (Å²) in [4.78, 5) is 23.5. The minimum atomic E-state index is -0.561. The molecule has 4 heteroatoms. The lowest BCUT2D eigenvalue weighted by Crippen LogP contribution is -2.25. The largest absolute Gasteiger partial charge is 0.466 e. The van der Waals surface area contributed by atoms with E-state index in [0.29, 0.717) is 17.7 Å². The number of carbonyl (C=O) groups is 2. The molecule has 19 heavy (non-hydrogen) atoms. The van der Waals surface area contributed by atoms with Crippen molar-refractivity contribution in [1.82, 2.24) is 0 Å². The quantitative estimate of drug-likeness (QED) is 0.785. The molecule has 0 aliphatic carbocycles. The van der Waals surface area contributed by atoms with Crippen molar-refractivity contribution >= 4 is 11.9 Å². The lowest BCUT2D eigenvalue weighted by molar-refractivity contribution is -0.142. The lowest BCUT2D eigenvalue weighted by Gasteiger charge is -2.20. The van der Waals surface area contributed by atoms with Gasteiger partial charge in [-0.1, -0.05) is 18.2 Å². The molecule has 0 spiro atoms. The van der Waals surface area contributed by atoms with Gasteiger partial charge in [-0.05, 0) is 39.3 Å². The Hall–Kier alpha value is -1.84. The van der Waals surface area contributed by atoms with Crippen LogP contribution in [0.5, 0.6) is 0 Å². The van der Waals surface area contributed by atoms with E-state index in [1.807, 2.05) is 0 Å². The highest BCUT2D eigenvalue weighted by atomic mass is 16.6. The van der Waals surface area contributed by atoms with E-state index in [1.54, 1.807) is 52.0 Å². The second-order valence-electron chi connectivity index (χ2n) is 5.14. The van der Waals surface area contributed by atoms with Crippen molar-refractivity contribution in [3.8, 4) is 0 Å². The summed E-state index contributed by atoms with van der Waals surface area (Å²) < 4.78 is 10.2. The van der Waals surface area contributed by atoms with Gasteiger partial charge in [0.1, 0.15) is 5.60 Å². The molecule has 0 aromatic heterocycles. The molecule has 1 aromatic rings. The molecule has 0 atom stereocenters. The SMILES string of the molecule is CCOC(=O)Cc1ccccc1C(=O)OC(C)(C)C. The second-order valence-corrected chi connectivity index (χ2v) is 5.14. The first-order valence-electron chi connectivity index (χ1n) is 6.30. The van der Waals surface area contributed by atoms with Crippen molar-refractivity contribution in [2.45, 2.75) is 39.7 Å². The summed E-state index contributed by atoms with van der Waals surface area (Å²) in [5.41, 5.74) is 0.467. The van der Waals surface area contributed by atoms with Gasteiger partial charge in [0.05, 0.1) is 18.6 Å². The molecular weight excluding hydrogens is 244 g/mol. The Morgan fingerprint density at radius 2 is 1.79 bits per heavy atom. The van der Waals surface area contributed by atoms with Crippen LogP contribution in [-0.4, -0.2) is 24.1 Å². The molecule has 0 radical (unpaired) electrons. The average molecular weight is 264 g/mol. The number of hydrogen-bond donors (Lipinski definition) is 0. The van der Waals surface area contributed by atoms with Crippen LogP contribution in [0.2, 0.25) is 0 Å². The first-order valence-corrected chi connectivity index (χ1v) is 6.30. The fourth-order valence-electron chi connectivity index (χ4n) is 1.57. The Kier molecular flexibility index (Phi) is 5.10. The number of rotatable bonds is 4. The molecule has 0 N–H and O–H groups in total. The van der Waals surface area contributed by atoms with Crippen LogP contribution in [-0.2, 0) is 20.7 Å². The first kappa shape index (κ1) is 15.2. The Labute approximate surface area is 113 Å². The van der Waals surface area contributed by atoms with Gasteiger partial charge in [-0.25, -0.2) is 4.79 Å². The van der Waals surface area contributed by atoms with Crippen LogP contribution in [0.4, 0.5) is 0 Å². The van der Waals surface area contributed by atoms with Crippen LogP contribution < -0.4 is 0 Å². The third-order valence-electron chi connectivity index (χ3n) is 2.28. The predicted octanol–water partition coefficient (Wildman–Crippen LogP) is 2.75. The fraction of sp³-hybridized carbons (Fsp3) is 0.467. The summed E-state index contributed by atoms with van der Waals surface area (Å²) in [6.07, 6.45) is 0.0727. The van der Waals surface area contributed by atoms with Gasteiger partial charge in [0, 0.05) is 0 Å². The number of carbonyl (C=O) groups excluding carboxylic acids is 2. The van der Waals surface area contributed by atoms with Gasteiger partial charge in [0.15, 0.2) is 0 Å². The van der Waals surface area contributed by atoms with E-state index in [0.717, 1.165) is 0 Å². The molecule has 0 amide bonds. The summed E-state index contributed by atoms with van der Waals surface area (Å²) >= 11 is 0. The van der Waals surface area contributed by atoms with Crippen LogP contribution in [0, 0.1) is 0 Å². The van der Waals surface area contributed by atoms with Crippen LogP contribution in [0.1, 0.15) is 43.6 Å². The van der Waals surface area contributed by atoms with E-state index in [9.17, 15) is 9.59 Å². The smallest absolute Gasteiger partial charge is 0.338 e. The summed E-state index contributed by atoms with van der Waals surface area (Å²) in [5.74, 6) is -0.772. The summed E-state index contributed by atoms with van der Waals surface area (Å²) in [6, 6.07) is 6.91. The lowest BCUT2D eigenvalue weighted by atomic mass is 10.0. The number of ether oxygens (including phenoxy) is 2. The summed E-state index contributed by atoms with van der Waals surface area (Å²) in [6.45, 7) is 7.49. The van der Waals surface area contributed by atoms with E-state index in [4.69, 9.17) is 9.47 Å². The maximum absolute atomic E-state index is 12.0. The Bertz CT molecular complexity index is 457. The molecule has 0 heterocycles. The van der Waals surface area contributed by atoms with Crippen LogP contribution in [0.15, 0.2) is 24.3 Å². The molecule has 104 valence electrons. The van der Waals surface area contributed by atoms with Crippen LogP contribution in [0.25, 0.3) is 0 Å². The molecule has 1 rings (SSSR count). The Morgan fingerprint density at radius 1 is 1.16 bits per heavy atom. The van der Waals surface area contributed by atoms with Crippen molar-refractivity contribution < 1.29 is 19.1 Å². The minimum absolute atomic E-state index is 0.0727. The molecule has 0 unspecified atom stereocenters. The van der Waals surface area contributed by atoms with Crippen LogP contribution in [0.3, 0.4) is 0 Å². The maximum Gasteiger partial charge on any atom is 0.338 e. The topological polar surface area (TPSA) is 52.6 Å². The third-order valence-corrected chi connectivity index (χ3v) is 2.28. The second kappa shape index (κ2) is 6.36. The van der Waals surface area contributed by atoms with Gasteiger partial charge in [-0.15, -0.1) is 0 Å². The van der Waals surface area contributed by atoms with Crippen molar-refractivity contribution in [2.75, 3.05) is 6.61 Å². The normalized spacial score (nSPS) is 10.9. The van der Waals surface area contributed by atoms with Crippen molar-refractivity contribution in [3.05, 3.63) is 35.4 Å². The molecule has 0 saturated carbocycles. The van der Waals surface area contributed by atoms with Gasteiger partial charge in [-0.2, -0.15) is 0 Å². The third kappa shape index (κ3) is 5.12. The van der Waals surface area contributed by atoms with E-state index in [2.05, 4.69) is 0 Å². The van der Waals surface area contributed by atoms with E-state index >= 15 is 0 Å². The highest BCUT2D eigenvalue weighted by Crippen LogP contribution is 2.16. The average Bonchev–Trinajstić information content (AvgIpc) is 2.27.